The molecule has 0 aromatic carbocycles. The Kier molecular flexibility index (Phi) is 27.5. The molecule has 0 aliphatic heterocycles. The van der Waals surface area contributed by atoms with Crippen molar-refractivity contribution in [2.75, 3.05) is 13.2 Å². The number of esters is 2. The fourth-order valence-corrected chi connectivity index (χ4v) is 9.51. The van der Waals surface area contributed by atoms with Gasteiger partial charge >= 0.3 is 197 Å². The molecule has 2 atom stereocenters. The zero-order valence-electron chi connectivity index (χ0n) is 22.9. The molecule has 0 bridgehead atoms. The number of hydrogen-bond donors (Lipinski definition) is 2. The fourth-order valence-electron chi connectivity index (χ4n) is 4.12. The minimum Gasteiger partial charge on any atom is -0.0654 e. The van der Waals surface area contributed by atoms with Gasteiger partial charge in [0, 0.05) is 0 Å². The number of carbonyl (C=O) groups is 2. The summed E-state index contributed by atoms with van der Waals surface area (Å²) in [7, 11) is 0. The Morgan fingerprint density at radius 1 is 0.514 bits per heavy atom. The Morgan fingerprint density at radius 3 is 1.06 bits per heavy atom. The standard InChI is InChI=1S/2C14H27O2S.Zn/c2*1-2-3-4-5-6-7-8-9-10-11-12-16-14(15)13-17;/h2*13,17H,2-12H2,1H3;. The topological polar surface area (TPSA) is 52.6 Å². The predicted molar refractivity (Wildman–Crippen MR) is 151 cm³/mol. The first-order valence-corrected chi connectivity index (χ1v) is 19.2. The number of hydrogen-bond acceptors (Lipinski definition) is 6. The van der Waals surface area contributed by atoms with Crippen molar-refractivity contribution in [3.8, 4) is 0 Å². The third-order valence-corrected chi connectivity index (χ3v) is 12.4. The summed E-state index contributed by atoms with van der Waals surface area (Å²) in [6, 6.07) is 0. The molecule has 2 unspecified atom stereocenters. The van der Waals surface area contributed by atoms with E-state index in [1.807, 2.05) is 0 Å². The van der Waals surface area contributed by atoms with Crippen molar-refractivity contribution in [3.63, 3.8) is 0 Å². The number of unbranched alkanes of at least 4 members (excludes halogenated alkanes) is 18. The molecule has 0 saturated heterocycles. The summed E-state index contributed by atoms with van der Waals surface area (Å²) >= 11 is 7.14. The molecular weight excluding hydrogens is 530 g/mol. The van der Waals surface area contributed by atoms with Gasteiger partial charge in [0.05, 0.1) is 0 Å². The second-order valence-corrected chi connectivity index (χ2v) is 18.5. The van der Waals surface area contributed by atoms with Crippen LogP contribution in [-0.2, 0) is 36.2 Å². The predicted octanol–water partition coefficient (Wildman–Crippen LogP) is 8.51. The average Bonchev–Trinajstić information content (AvgIpc) is 2.85. The van der Waals surface area contributed by atoms with Crippen LogP contribution in [0.4, 0.5) is 0 Å². The summed E-state index contributed by atoms with van der Waals surface area (Å²) in [5, 5.41) is 0. The summed E-state index contributed by atoms with van der Waals surface area (Å²) < 4.78 is 9.83. The van der Waals surface area contributed by atoms with Crippen LogP contribution in [0.2, 0.25) is 0 Å². The van der Waals surface area contributed by atoms with Crippen molar-refractivity contribution < 1.29 is 36.2 Å². The second-order valence-electron chi connectivity index (χ2n) is 9.97. The monoisotopic (exact) mass is 582 g/mol. The molecule has 0 saturated carbocycles. The van der Waals surface area contributed by atoms with Crippen LogP contribution in [0.15, 0.2) is 0 Å². The Balaban J connectivity index is 3.60. The van der Waals surface area contributed by atoms with E-state index in [-0.39, 0.29) is 11.9 Å². The first kappa shape index (κ1) is 35.3. The molecule has 0 aliphatic carbocycles. The van der Waals surface area contributed by atoms with Crippen molar-refractivity contribution in [3.05, 3.63) is 0 Å². The number of rotatable bonds is 26. The van der Waals surface area contributed by atoms with Crippen LogP contribution >= 0.6 is 25.3 Å². The van der Waals surface area contributed by atoms with Gasteiger partial charge < -0.3 is 0 Å². The van der Waals surface area contributed by atoms with Gasteiger partial charge in [-0.1, -0.05) is 39.5 Å². The van der Waals surface area contributed by atoms with Gasteiger partial charge in [-0.25, -0.2) is 0 Å². The van der Waals surface area contributed by atoms with E-state index in [9.17, 15) is 9.59 Å². The van der Waals surface area contributed by atoms with E-state index in [1.165, 1.54) is 103 Å². The molecule has 0 heterocycles. The molecule has 4 nitrogen and oxygen atoms in total. The van der Waals surface area contributed by atoms with Gasteiger partial charge in [-0.2, -0.15) is 0 Å². The van der Waals surface area contributed by atoms with Gasteiger partial charge in [0.25, 0.3) is 0 Å². The number of carbonyl (C=O) groups excluding carboxylic acids is 2. The average molecular weight is 584 g/mol. The molecule has 0 radical (unpaired) electrons. The maximum absolute atomic E-state index is 12.2. The van der Waals surface area contributed by atoms with Crippen molar-refractivity contribution >= 4 is 37.2 Å². The van der Waals surface area contributed by atoms with Crippen LogP contribution in [0, 0.1) is 0 Å². The van der Waals surface area contributed by atoms with Crippen molar-refractivity contribution in [2.24, 2.45) is 0 Å². The summed E-state index contributed by atoms with van der Waals surface area (Å²) in [5.41, 5.74) is 0. The first-order valence-electron chi connectivity index (χ1n) is 14.7. The molecule has 0 rings (SSSR count). The van der Waals surface area contributed by atoms with Crippen molar-refractivity contribution in [1.29, 1.82) is 0 Å². The van der Waals surface area contributed by atoms with E-state index in [4.69, 9.17) is 9.47 Å². The zero-order valence-corrected chi connectivity index (χ0v) is 27.7. The molecule has 0 fully saturated rings. The Hall–Kier alpha value is 0.263. The maximum atomic E-state index is 12.2. The van der Waals surface area contributed by atoms with E-state index >= 15 is 0 Å². The van der Waals surface area contributed by atoms with E-state index in [0.29, 0.717) is 13.2 Å². The van der Waals surface area contributed by atoms with E-state index in [1.54, 1.807) is 0 Å². The summed E-state index contributed by atoms with van der Waals surface area (Å²) in [4.78, 5) is 24.4. The summed E-state index contributed by atoms with van der Waals surface area (Å²) in [5.74, 6) is -0.573. The van der Waals surface area contributed by atoms with Crippen LogP contribution in [-0.4, -0.2) is 32.8 Å². The van der Waals surface area contributed by atoms with E-state index in [2.05, 4.69) is 39.1 Å². The van der Waals surface area contributed by atoms with Crippen LogP contribution in [0.1, 0.15) is 142 Å². The minimum atomic E-state index is -1.66. The van der Waals surface area contributed by atoms with Gasteiger partial charge in [0.1, 0.15) is 0 Å². The molecule has 0 spiro atoms. The van der Waals surface area contributed by atoms with Gasteiger partial charge in [-0.15, -0.1) is 0 Å². The first-order chi connectivity index (χ1) is 17.0. The van der Waals surface area contributed by atoms with Crippen LogP contribution in [0.3, 0.4) is 0 Å². The van der Waals surface area contributed by atoms with Crippen LogP contribution in [0.25, 0.3) is 0 Å². The fraction of sp³-hybridized carbons (Fsp3) is 0.929. The normalized spacial score (nSPS) is 12.7. The van der Waals surface area contributed by atoms with Gasteiger partial charge in [-0.05, 0) is 0 Å². The Bertz CT molecular complexity index is 452. The molecule has 0 aromatic heterocycles. The van der Waals surface area contributed by atoms with Gasteiger partial charge in [0.15, 0.2) is 0 Å². The van der Waals surface area contributed by atoms with Gasteiger partial charge in [0.2, 0.25) is 0 Å². The van der Waals surface area contributed by atoms with E-state index in [0.717, 1.165) is 25.7 Å². The van der Waals surface area contributed by atoms with Crippen LogP contribution in [0.5, 0.6) is 0 Å². The quantitative estimate of drug-likeness (QED) is 0.0464. The van der Waals surface area contributed by atoms with Crippen molar-refractivity contribution in [1.82, 2.24) is 0 Å². The minimum absolute atomic E-state index is 0.286. The number of thiol groups is 2. The number of ether oxygens (including phenoxy) is 2. The third-order valence-electron chi connectivity index (χ3n) is 6.48. The smallest absolute Gasteiger partial charge is 0.0654 e. The molecule has 0 aromatic rings. The zero-order chi connectivity index (χ0) is 26.0. The summed E-state index contributed by atoms with van der Waals surface area (Å²) in [6.45, 7) is 5.40. The van der Waals surface area contributed by atoms with E-state index < -0.39 is 24.8 Å². The SMILES string of the molecule is CCCCCCCCCCCCOC(=O)[CH](S)[Zn][CH](S)C(=O)OCCCCCCCCCCCC. The van der Waals surface area contributed by atoms with Gasteiger partial charge in [-0.3, -0.25) is 0 Å². The summed E-state index contributed by atoms with van der Waals surface area (Å²) in [6.07, 6.45) is 25.0. The van der Waals surface area contributed by atoms with Crippen molar-refractivity contribution in [2.45, 2.75) is 150 Å². The second kappa shape index (κ2) is 27.3. The molecule has 0 aliphatic rings. The molecule has 7 heteroatoms. The molecular formula is C28H54O4S2Zn. The Labute approximate surface area is 235 Å². The molecule has 0 amide bonds. The third kappa shape index (κ3) is 24.4. The van der Waals surface area contributed by atoms with Crippen LogP contribution < -0.4 is 0 Å². The molecule has 35 heavy (non-hydrogen) atoms. The molecule has 204 valence electrons. The Morgan fingerprint density at radius 2 is 0.771 bits per heavy atom. The molecule has 0 N–H and O–H groups in total.